The van der Waals surface area contributed by atoms with Gasteiger partial charge in [-0.15, -0.1) is 28.5 Å². The number of fused-ring (bicyclic) bond motifs is 1. The Hall–Kier alpha value is 0.583. The Labute approximate surface area is 129 Å². The summed E-state index contributed by atoms with van der Waals surface area (Å²) in [5.74, 6) is 0. The molecule has 2 rings (SSSR count). The van der Waals surface area contributed by atoms with Gasteiger partial charge >= 0.3 is 26.2 Å². The third-order valence-corrected chi connectivity index (χ3v) is 2.25. The number of aryl methyl sites for hydroxylation is 2. The minimum atomic E-state index is 0. The summed E-state index contributed by atoms with van der Waals surface area (Å²) in [6.07, 6.45) is 0. The topological polar surface area (TPSA) is 0 Å². The zero-order valence-electron chi connectivity index (χ0n) is 8.52. The van der Waals surface area contributed by atoms with Crippen molar-refractivity contribution >= 4 is 10.8 Å². The Balaban J connectivity index is -0.000000360. The molecule has 0 aliphatic carbocycles. The quantitative estimate of drug-likeness (QED) is 0.419. The molecule has 0 bridgehead atoms. The van der Waals surface area contributed by atoms with E-state index in [1.54, 1.807) is 0 Å². The molecular weight excluding hydrogens is 330 g/mol. The summed E-state index contributed by atoms with van der Waals surface area (Å²) < 4.78 is 0. The summed E-state index contributed by atoms with van der Waals surface area (Å²) in [4.78, 5) is 0. The fraction of sp³-hybridized carbons (Fsp3) is 0.182. The second kappa shape index (κ2) is 8.70. The molecule has 0 aromatic heterocycles. The van der Waals surface area contributed by atoms with E-state index in [2.05, 4.69) is 44.2 Å². The van der Waals surface area contributed by atoms with Crippen LogP contribution in [0.2, 0.25) is 0 Å². The molecule has 2 aromatic carbocycles. The van der Waals surface area contributed by atoms with Crippen LogP contribution in [0.3, 0.4) is 0 Å². The van der Waals surface area contributed by atoms with Crippen LogP contribution < -0.4 is 37.2 Å². The van der Waals surface area contributed by atoms with Crippen molar-refractivity contribution in [3.8, 4) is 0 Å². The molecule has 0 amide bonds. The minimum absolute atomic E-state index is 0. The van der Waals surface area contributed by atoms with Crippen molar-refractivity contribution in [2.45, 2.75) is 13.8 Å². The third-order valence-electron chi connectivity index (χ3n) is 2.25. The maximum absolute atomic E-state index is 2.18. The van der Waals surface area contributed by atoms with Crippen molar-refractivity contribution < 1.29 is 63.4 Å². The van der Waals surface area contributed by atoms with Crippen LogP contribution in [0.25, 0.3) is 10.8 Å². The molecule has 4 heteroatoms. The zero-order chi connectivity index (χ0) is 7.84. The third kappa shape index (κ3) is 4.15. The molecule has 0 atom stereocenters. The molecule has 80 valence electrons. The first-order chi connectivity index (χ1) is 5.29. The molecule has 0 saturated carbocycles. The number of hydrogen-bond donors (Lipinski definition) is 0. The Morgan fingerprint density at radius 2 is 1.40 bits per heavy atom. The molecule has 0 fully saturated rings. The van der Waals surface area contributed by atoms with Crippen molar-refractivity contribution in [1.29, 1.82) is 0 Å². The van der Waals surface area contributed by atoms with Crippen molar-refractivity contribution in [2.75, 3.05) is 0 Å². The normalized spacial score (nSPS) is 7.87. The van der Waals surface area contributed by atoms with Crippen molar-refractivity contribution in [3.05, 3.63) is 41.5 Å². The van der Waals surface area contributed by atoms with Crippen molar-refractivity contribution in [2.24, 2.45) is 0 Å². The number of halogens is 3. The molecular formula is C11H11Cl3Zr. The molecule has 0 nitrogen and oxygen atoms in total. The van der Waals surface area contributed by atoms with Gasteiger partial charge in [0.05, 0.1) is 0 Å². The summed E-state index contributed by atoms with van der Waals surface area (Å²) >= 11 is 0. The molecule has 0 unspecified atom stereocenters. The van der Waals surface area contributed by atoms with E-state index >= 15 is 0 Å². The van der Waals surface area contributed by atoms with Crippen molar-refractivity contribution in [3.63, 3.8) is 0 Å². The number of hydrogen-bond acceptors (Lipinski definition) is 0. The fourth-order valence-electron chi connectivity index (χ4n) is 1.54. The van der Waals surface area contributed by atoms with E-state index in [1.807, 2.05) is 0 Å². The van der Waals surface area contributed by atoms with Crippen molar-refractivity contribution in [1.82, 2.24) is 0 Å². The van der Waals surface area contributed by atoms with Gasteiger partial charge in [0, 0.05) is 0 Å². The zero-order valence-corrected chi connectivity index (χ0v) is 13.2. The van der Waals surface area contributed by atoms with E-state index in [4.69, 9.17) is 0 Å². The van der Waals surface area contributed by atoms with Crippen LogP contribution in [0.4, 0.5) is 0 Å². The van der Waals surface area contributed by atoms with Gasteiger partial charge in [-0.25, -0.2) is 0 Å². The molecule has 2 aromatic rings. The first kappa shape index (κ1) is 20.9. The summed E-state index contributed by atoms with van der Waals surface area (Å²) in [5, 5.41) is 2.79. The van der Waals surface area contributed by atoms with E-state index in [0.29, 0.717) is 0 Å². The average molecular weight is 341 g/mol. The molecule has 0 aliphatic heterocycles. The van der Waals surface area contributed by atoms with Gasteiger partial charge in [-0.2, -0.15) is 12.1 Å². The average Bonchev–Trinajstić information content (AvgIpc) is 2.45. The van der Waals surface area contributed by atoms with E-state index in [1.165, 1.54) is 21.9 Å². The van der Waals surface area contributed by atoms with E-state index in [9.17, 15) is 0 Å². The number of benzene rings is 1. The van der Waals surface area contributed by atoms with Gasteiger partial charge in [0.25, 0.3) is 0 Å². The van der Waals surface area contributed by atoms with E-state index < -0.39 is 0 Å². The second-order valence-electron chi connectivity index (χ2n) is 3.05. The number of rotatable bonds is 0. The van der Waals surface area contributed by atoms with Crippen LogP contribution in [-0.4, -0.2) is 0 Å². The Morgan fingerprint density at radius 3 is 1.93 bits per heavy atom. The summed E-state index contributed by atoms with van der Waals surface area (Å²) in [7, 11) is 0. The van der Waals surface area contributed by atoms with Crippen LogP contribution in [-0.2, 0) is 26.2 Å². The van der Waals surface area contributed by atoms with Crippen LogP contribution in [0, 0.1) is 13.8 Å². The smallest absolute Gasteiger partial charge is 1.00 e. The van der Waals surface area contributed by atoms with Gasteiger partial charge in [0.2, 0.25) is 0 Å². The van der Waals surface area contributed by atoms with E-state index in [0.717, 1.165) is 0 Å². The Bertz CT molecular complexity index is 360. The Kier molecular flexibility index (Phi) is 12.1. The summed E-state index contributed by atoms with van der Waals surface area (Å²) in [6.45, 7) is 4.31. The van der Waals surface area contributed by atoms with Crippen LogP contribution in [0.5, 0.6) is 0 Å². The molecule has 0 heterocycles. The predicted molar refractivity (Wildman–Crippen MR) is 49.0 cm³/mol. The van der Waals surface area contributed by atoms with Gasteiger partial charge in [-0.3, -0.25) is 0 Å². The summed E-state index contributed by atoms with van der Waals surface area (Å²) in [5.41, 5.74) is 2.74. The van der Waals surface area contributed by atoms with Crippen LogP contribution in [0.1, 0.15) is 11.1 Å². The first-order valence-corrected chi connectivity index (χ1v) is 3.90. The van der Waals surface area contributed by atoms with Gasteiger partial charge in [0.15, 0.2) is 0 Å². The molecule has 0 saturated heterocycles. The molecule has 15 heavy (non-hydrogen) atoms. The predicted octanol–water partition coefficient (Wildman–Crippen LogP) is -5.81. The molecule has 0 spiro atoms. The van der Waals surface area contributed by atoms with Crippen LogP contribution in [0.15, 0.2) is 30.3 Å². The second-order valence-corrected chi connectivity index (χ2v) is 3.05. The largest absolute Gasteiger partial charge is 4.00 e. The van der Waals surface area contributed by atoms with Gasteiger partial charge < -0.3 is 37.2 Å². The maximum atomic E-state index is 2.18. The van der Waals surface area contributed by atoms with E-state index in [-0.39, 0.29) is 63.4 Å². The van der Waals surface area contributed by atoms with Gasteiger partial charge in [0.1, 0.15) is 0 Å². The molecule has 0 radical (unpaired) electrons. The fourth-order valence-corrected chi connectivity index (χ4v) is 1.54. The first-order valence-electron chi connectivity index (χ1n) is 3.90. The minimum Gasteiger partial charge on any atom is -1.00 e. The van der Waals surface area contributed by atoms with Gasteiger partial charge in [-0.05, 0) is 6.92 Å². The standard InChI is InChI=1S/C11H11.3ClH.Zr/c1-8-6-7-9(2)11-5-3-4-10(8)11;;;;/h3-7H,1-2H3;3*1H;/q-1;;;;+4/p-3. The molecule has 0 aliphatic rings. The maximum Gasteiger partial charge on any atom is 4.00 e. The Morgan fingerprint density at radius 1 is 0.867 bits per heavy atom. The SMILES string of the molecule is Cc1ccc(C)c2[cH-]ccc12.[Cl-].[Cl-].[Cl-].[Zr+4]. The monoisotopic (exact) mass is 338 g/mol. The van der Waals surface area contributed by atoms with Gasteiger partial charge in [-0.1, -0.05) is 18.6 Å². The summed E-state index contributed by atoms with van der Waals surface area (Å²) in [6, 6.07) is 10.8. The molecule has 0 N–H and O–H groups in total. The van der Waals surface area contributed by atoms with Crippen LogP contribution >= 0.6 is 0 Å².